The molecule has 1 atom stereocenters. The molecule has 0 aromatic carbocycles. The van der Waals surface area contributed by atoms with Crippen molar-refractivity contribution < 1.29 is 14.1 Å². The molecule has 1 amide bonds. The molecule has 0 radical (unpaired) electrons. The van der Waals surface area contributed by atoms with Crippen LogP contribution in [0, 0.1) is 18.3 Å². The number of likely N-dealkylation sites (tertiary alicyclic amines) is 1. The number of nitrogens with zero attached hydrogens (tertiary/aromatic N) is 3. The highest BCUT2D eigenvalue weighted by atomic mass is 16.5. The molecule has 0 bridgehead atoms. The number of hydrogen-bond acceptors (Lipinski definition) is 5. The number of rotatable bonds is 4. The number of hydrogen-bond donors (Lipinski definition) is 0. The van der Waals surface area contributed by atoms with E-state index in [0.29, 0.717) is 18.3 Å². The molecule has 1 aromatic rings. The Morgan fingerprint density at radius 3 is 2.61 bits per heavy atom. The molecule has 6 heteroatoms. The topological polar surface area (TPSA) is 68.5 Å². The molecular formula is C17H27N3O3. The zero-order valence-electron chi connectivity index (χ0n) is 14.4. The molecule has 0 saturated carbocycles. The summed E-state index contributed by atoms with van der Waals surface area (Å²) in [5.41, 5.74) is 0.0267. The van der Waals surface area contributed by atoms with E-state index in [1.54, 1.807) is 0 Å². The quantitative estimate of drug-likeness (QED) is 0.852. The Morgan fingerprint density at radius 1 is 1.35 bits per heavy atom. The first-order chi connectivity index (χ1) is 11.1. The molecule has 2 fully saturated rings. The summed E-state index contributed by atoms with van der Waals surface area (Å²) in [5.74, 6) is 1.87. The van der Waals surface area contributed by atoms with Crippen LogP contribution >= 0.6 is 0 Å². The van der Waals surface area contributed by atoms with Gasteiger partial charge in [0.2, 0.25) is 11.8 Å². The Kier molecular flexibility index (Phi) is 4.71. The highest BCUT2D eigenvalue weighted by molar-refractivity contribution is 5.79. The molecule has 1 aromatic heterocycles. The smallest absolute Gasteiger partial charge is 0.232 e. The normalized spacial score (nSPS) is 23.8. The van der Waals surface area contributed by atoms with Crippen LogP contribution in [0.4, 0.5) is 0 Å². The number of aromatic nitrogens is 2. The molecule has 1 spiro atoms. The van der Waals surface area contributed by atoms with Crippen LogP contribution in [-0.4, -0.2) is 47.3 Å². The lowest BCUT2D eigenvalue weighted by Crippen LogP contribution is -2.38. The summed E-state index contributed by atoms with van der Waals surface area (Å²) in [4.78, 5) is 19.3. The first kappa shape index (κ1) is 16.4. The number of carbonyl (C=O) groups excluding carboxylic acids is 1. The summed E-state index contributed by atoms with van der Waals surface area (Å²) in [6.45, 7) is 8.99. The summed E-state index contributed by atoms with van der Waals surface area (Å²) in [5, 5.41) is 3.96. The SMILES string of the molecule is CCC(CC)C(=O)N1C[C@@H](c2nc(C)no2)C2(CCOCC2)C1. The molecule has 128 valence electrons. The second kappa shape index (κ2) is 6.59. The van der Waals surface area contributed by atoms with Gasteiger partial charge in [0.05, 0.1) is 5.92 Å². The van der Waals surface area contributed by atoms with Crippen molar-refractivity contribution in [2.75, 3.05) is 26.3 Å². The molecule has 2 aliphatic rings. The standard InChI is InChI=1S/C17H27N3O3/c1-4-13(5-2)16(21)20-10-14(15-18-12(3)19-23-15)17(11-20)6-8-22-9-7-17/h13-14H,4-11H2,1-3H3/t14-/m0/s1. The molecule has 3 heterocycles. The highest BCUT2D eigenvalue weighted by Crippen LogP contribution is 2.49. The van der Waals surface area contributed by atoms with Crippen LogP contribution in [0.5, 0.6) is 0 Å². The van der Waals surface area contributed by atoms with Crippen molar-refractivity contribution in [1.82, 2.24) is 15.0 Å². The molecule has 3 rings (SSSR count). The van der Waals surface area contributed by atoms with E-state index in [1.165, 1.54) is 0 Å². The minimum Gasteiger partial charge on any atom is -0.381 e. The van der Waals surface area contributed by atoms with Gasteiger partial charge in [0.1, 0.15) is 0 Å². The lowest BCUT2D eigenvalue weighted by Gasteiger charge is -2.36. The number of amides is 1. The van der Waals surface area contributed by atoms with Crippen molar-refractivity contribution in [1.29, 1.82) is 0 Å². The van der Waals surface area contributed by atoms with Gasteiger partial charge in [0.15, 0.2) is 5.82 Å². The van der Waals surface area contributed by atoms with Gasteiger partial charge in [-0.3, -0.25) is 4.79 Å². The molecule has 6 nitrogen and oxygen atoms in total. The fourth-order valence-electron chi connectivity index (χ4n) is 4.11. The predicted molar refractivity (Wildman–Crippen MR) is 84.9 cm³/mol. The Bertz CT molecular complexity index is 547. The van der Waals surface area contributed by atoms with Crippen LogP contribution in [0.3, 0.4) is 0 Å². The summed E-state index contributed by atoms with van der Waals surface area (Å²) >= 11 is 0. The maximum atomic E-state index is 12.8. The van der Waals surface area contributed by atoms with Crippen molar-refractivity contribution in [3.05, 3.63) is 11.7 Å². The Labute approximate surface area is 137 Å². The monoisotopic (exact) mass is 321 g/mol. The number of carbonyl (C=O) groups is 1. The van der Waals surface area contributed by atoms with E-state index >= 15 is 0 Å². The van der Waals surface area contributed by atoms with Crippen molar-refractivity contribution >= 4 is 5.91 Å². The van der Waals surface area contributed by atoms with Crippen molar-refractivity contribution in [2.24, 2.45) is 11.3 Å². The first-order valence-electron chi connectivity index (χ1n) is 8.76. The van der Waals surface area contributed by atoms with E-state index in [1.807, 2.05) is 11.8 Å². The maximum Gasteiger partial charge on any atom is 0.232 e. The van der Waals surface area contributed by atoms with Crippen LogP contribution in [0.2, 0.25) is 0 Å². The number of ether oxygens (including phenoxy) is 1. The molecule has 0 aliphatic carbocycles. The Balaban J connectivity index is 1.86. The molecule has 0 N–H and O–H groups in total. The van der Waals surface area contributed by atoms with E-state index in [0.717, 1.165) is 45.4 Å². The van der Waals surface area contributed by atoms with Gasteiger partial charge < -0.3 is 14.2 Å². The van der Waals surface area contributed by atoms with E-state index in [9.17, 15) is 4.79 Å². The van der Waals surface area contributed by atoms with E-state index in [4.69, 9.17) is 9.26 Å². The molecule has 2 saturated heterocycles. The molecule has 23 heavy (non-hydrogen) atoms. The zero-order chi connectivity index (χ0) is 16.4. The lowest BCUT2D eigenvalue weighted by molar-refractivity contribution is -0.135. The molecule has 2 aliphatic heterocycles. The minimum absolute atomic E-state index is 0.0267. The van der Waals surface area contributed by atoms with Gasteiger partial charge in [-0.15, -0.1) is 0 Å². The largest absolute Gasteiger partial charge is 0.381 e. The average molecular weight is 321 g/mol. The van der Waals surface area contributed by atoms with Gasteiger partial charge in [0, 0.05) is 37.6 Å². The van der Waals surface area contributed by atoms with Gasteiger partial charge >= 0.3 is 0 Å². The second-order valence-electron chi connectivity index (χ2n) is 6.94. The van der Waals surface area contributed by atoms with Crippen molar-refractivity contribution in [3.63, 3.8) is 0 Å². The van der Waals surface area contributed by atoms with E-state index in [2.05, 4.69) is 24.0 Å². The van der Waals surface area contributed by atoms with Gasteiger partial charge in [-0.05, 0) is 32.6 Å². The van der Waals surface area contributed by atoms with E-state index < -0.39 is 0 Å². The van der Waals surface area contributed by atoms with Crippen molar-refractivity contribution in [3.8, 4) is 0 Å². The highest BCUT2D eigenvalue weighted by Gasteiger charge is 2.51. The van der Waals surface area contributed by atoms with Crippen LogP contribution < -0.4 is 0 Å². The minimum atomic E-state index is 0.0267. The van der Waals surface area contributed by atoms with Gasteiger partial charge in [-0.25, -0.2) is 0 Å². The summed E-state index contributed by atoms with van der Waals surface area (Å²) in [6, 6.07) is 0. The van der Waals surface area contributed by atoms with Gasteiger partial charge in [0.25, 0.3) is 0 Å². The van der Waals surface area contributed by atoms with Crippen molar-refractivity contribution in [2.45, 2.75) is 52.4 Å². The van der Waals surface area contributed by atoms with Gasteiger partial charge in [-0.2, -0.15) is 4.98 Å². The third kappa shape index (κ3) is 3.01. The third-order valence-electron chi connectivity index (χ3n) is 5.62. The van der Waals surface area contributed by atoms with Crippen LogP contribution in [0.25, 0.3) is 0 Å². The maximum absolute atomic E-state index is 12.8. The van der Waals surface area contributed by atoms with Crippen LogP contribution in [-0.2, 0) is 9.53 Å². The summed E-state index contributed by atoms with van der Waals surface area (Å²) in [6.07, 6.45) is 3.69. The predicted octanol–water partition coefficient (Wildman–Crippen LogP) is 2.54. The first-order valence-corrected chi connectivity index (χ1v) is 8.76. The lowest BCUT2D eigenvalue weighted by atomic mass is 9.72. The molecule has 0 unspecified atom stereocenters. The summed E-state index contributed by atoms with van der Waals surface area (Å²) in [7, 11) is 0. The van der Waals surface area contributed by atoms with E-state index in [-0.39, 0.29) is 23.2 Å². The Morgan fingerprint density at radius 2 is 2.04 bits per heavy atom. The van der Waals surface area contributed by atoms with Gasteiger partial charge in [-0.1, -0.05) is 19.0 Å². The zero-order valence-corrected chi connectivity index (χ0v) is 14.4. The fraction of sp³-hybridized carbons (Fsp3) is 0.824. The Hall–Kier alpha value is -1.43. The van der Waals surface area contributed by atoms with Crippen LogP contribution in [0.15, 0.2) is 4.52 Å². The molecular weight excluding hydrogens is 294 g/mol. The second-order valence-corrected chi connectivity index (χ2v) is 6.94. The fourth-order valence-corrected chi connectivity index (χ4v) is 4.11. The third-order valence-corrected chi connectivity index (χ3v) is 5.62. The van der Waals surface area contributed by atoms with Crippen LogP contribution in [0.1, 0.15) is 57.2 Å². The average Bonchev–Trinajstić information content (AvgIpc) is 3.13. The summed E-state index contributed by atoms with van der Waals surface area (Å²) < 4.78 is 11.0. The number of aryl methyl sites for hydroxylation is 1.